The summed E-state index contributed by atoms with van der Waals surface area (Å²) in [5, 5.41) is 11.2. The van der Waals surface area contributed by atoms with Crippen LogP contribution in [0.5, 0.6) is 0 Å². The van der Waals surface area contributed by atoms with E-state index in [1.165, 1.54) is 43.1 Å². The van der Waals surface area contributed by atoms with Crippen molar-refractivity contribution in [2.75, 3.05) is 0 Å². The lowest BCUT2D eigenvalue weighted by Gasteiger charge is -2.09. The van der Waals surface area contributed by atoms with Gasteiger partial charge in [0, 0.05) is 0 Å². The van der Waals surface area contributed by atoms with Gasteiger partial charge in [-0.05, 0) is 81.9 Å². The molecule has 0 spiro atoms. The molecule has 0 fully saturated rings. The molecule has 5 aromatic carbocycles. The zero-order valence-electron chi connectivity index (χ0n) is 12.5. The summed E-state index contributed by atoms with van der Waals surface area (Å²) < 4.78 is 0. The Morgan fingerprint density at radius 3 is 1.78 bits per heavy atom. The zero-order chi connectivity index (χ0) is 15.4. The zero-order valence-corrected chi connectivity index (χ0v) is 13.3. The van der Waals surface area contributed by atoms with Gasteiger partial charge in [-0.25, -0.2) is 0 Å². The van der Waals surface area contributed by atoms with Crippen molar-refractivity contribution in [2.24, 2.45) is 0 Å². The molecule has 0 amide bonds. The normalized spacial score (nSPS) is 11.7. The summed E-state index contributed by atoms with van der Waals surface area (Å²) in [6.07, 6.45) is 0. The van der Waals surface area contributed by atoms with Crippen molar-refractivity contribution in [1.82, 2.24) is 0 Å². The maximum Gasteiger partial charge on any atom is -0.00495 e. The lowest BCUT2D eigenvalue weighted by molar-refractivity contribution is 1.79. The first kappa shape index (κ1) is 13.0. The average Bonchev–Trinajstić information content (AvgIpc) is 2.59. The molecule has 0 unspecified atom stereocenters. The summed E-state index contributed by atoms with van der Waals surface area (Å²) in [6.45, 7) is 0. The van der Waals surface area contributed by atoms with E-state index in [-0.39, 0.29) is 0 Å². The summed E-state index contributed by atoms with van der Waals surface area (Å²) in [7, 11) is 4.63. The van der Waals surface area contributed by atoms with Gasteiger partial charge in [0.15, 0.2) is 0 Å². The number of rotatable bonds is 0. The van der Waals surface area contributed by atoms with Crippen LogP contribution >= 0.6 is 9.24 Å². The first-order chi connectivity index (χ1) is 11.3. The van der Waals surface area contributed by atoms with Crippen molar-refractivity contribution in [3.05, 3.63) is 78.9 Å². The molecule has 0 saturated heterocycles. The maximum atomic E-state index is 4.63. The third-order valence-corrected chi connectivity index (χ3v) is 5.07. The van der Waals surface area contributed by atoms with E-state index in [1.807, 2.05) is 0 Å². The molecule has 2 radical (unpaired) electrons. The quantitative estimate of drug-likeness (QED) is 0.178. The van der Waals surface area contributed by atoms with Crippen LogP contribution in [0.25, 0.3) is 43.1 Å². The molecule has 0 N–H and O–H groups in total. The predicted molar refractivity (Wildman–Crippen MR) is 103 cm³/mol. The number of hydrogen-bond donors (Lipinski definition) is 0. The Morgan fingerprint density at radius 1 is 0.435 bits per heavy atom. The van der Waals surface area contributed by atoms with E-state index in [2.05, 4.69) is 88.1 Å². The lowest BCUT2D eigenvalue weighted by Crippen LogP contribution is -1.92. The molecular weight excluding hydrogens is 295 g/mol. The van der Waals surface area contributed by atoms with Gasteiger partial charge in [-0.15, -0.1) is 0 Å². The highest BCUT2D eigenvalue weighted by Gasteiger charge is 2.06. The molecule has 0 saturated carbocycles. The Hall–Kier alpha value is -2.43. The molecule has 1 heteroatoms. The summed E-state index contributed by atoms with van der Waals surface area (Å²) in [4.78, 5) is 0. The fourth-order valence-electron chi connectivity index (χ4n) is 3.51. The minimum atomic E-state index is 1.03. The molecule has 0 bridgehead atoms. The molecular formula is C22H13P. The highest BCUT2D eigenvalue weighted by molar-refractivity contribution is 7.28. The smallest absolute Gasteiger partial charge is 0.00495 e. The number of fused-ring (bicyclic) bond motifs is 5. The molecule has 5 aromatic rings. The Labute approximate surface area is 136 Å². The molecule has 0 aliphatic carbocycles. The van der Waals surface area contributed by atoms with Gasteiger partial charge in [-0.2, -0.15) is 0 Å². The monoisotopic (exact) mass is 308 g/mol. The minimum absolute atomic E-state index is 1.03. The van der Waals surface area contributed by atoms with Gasteiger partial charge in [0.2, 0.25) is 0 Å². The first-order valence-electron chi connectivity index (χ1n) is 7.77. The fraction of sp³-hybridized carbons (Fsp3) is 0. The summed E-state index contributed by atoms with van der Waals surface area (Å²) in [6, 6.07) is 28.4. The van der Waals surface area contributed by atoms with Gasteiger partial charge in [0.1, 0.15) is 0 Å². The van der Waals surface area contributed by atoms with Crippen LogP contribution in [0.2, 0.25) is 0 Å². The van der Waals surface area contributed by atoms with Gasteiger partial charge in [-0.3, -0.25) is 0 Å². The van der Waals surface area contributed by atoms with E-state index < -0.39 is 0 Å². The highest BCUT2D eigenvalue weighted by Crippen LogP contribution is 2.32. The molecule has 0 atom stereocenters. The number of benzene rings is 5. The third kappa shape index (κ3) is 1.96. The molecule has 0 aromatic heterocycles. The molecule has 0 aliphatic heterocycles. The Bertz CT molecular complexity index is 1220. The van der Waals surface area contributed by atoms with Crippen LogP contribution in [0.4, 0.5) is 0 Å². The van der Waals surface area contributed by atoms with Crippen LogP contribution in [0.3, 0.4) is 0 Å². The lowest BCUT2D eigenvalue weighted by atomic mass is 9.96. The van der Waals surface area contributed by atoms with E-state index in [9.17, 15) is 0 Å². The Morgan fingerprint density at radius 2 is 1.00 bits per heavy atom. The standard InChI is InChI=1S/C22H13P/c23-22-7-3-6-16-11-18-9-8-17-10-14-4-1-2-5-15(14)12-19(17)20(18)13-21(16)22/h1-13H. The maximum absolute atomic E-state index is 4.63. The second-order valence-corrected chi connectivity index (χ2v) is 6.54. The molecule has 23 heavy (non-hydrogen) atoms. The first-order valence-corrected chi connectivity index (χ1v) is 8.21. The second kappa shape index (κ2) is 4.78. The molecule has 0 nitrogen and oxygen atoms in total. The van der Waals surface area contributed by atoms with Crippen molar-refractivity contribution in [1.29, 1.82) is 0 Å². The van der Waals surface area contributed by atoms with E-state index >= 15 is 0 Å². The summed E-state index contributed by atoms with van der Waals surface area (Å²) >= 11 is 0. The van der Waals surface area contributed by atoms with Crippen LogP contribution in [0.1, 0.15) is 0 Å². The van der Waals surface area contributed by atoms with Gasteiger partial charge in [0.05, 0.1) is 0 Å². The minimum Gasteiger partial charge on any atom is -0.0616 e. The number of hydrogen-bond acceptors (Lipinski definition) is 0. The van der Waals surface area contributed by atoms with Crippen LogP contribution in [-0.2, 0) is 0 Å². The molecule has 5 rings (SSSR count). The van der Waals surface area contributed by atoms with Gasteiger partial charge in [0.25, 0.3) is 0 Å². The van der Waals surface area contributed by atoms with E-state index in [4.69, 9.17) is 0 Å². The Kier molecular flexibility index (Phi) is 2.71. The molecule has 0 aliphatic rings. The van der Waals surface area contributed by atoms with Crippen molar-refractivity contribution in [3.8, 4) is 0 Å². The van der Waals surface area contributed by atoms with Crippen LogP contribution < -0.4 is 5.30 Å². The van der Waals surface area contributed by atoms with Gasteiger partial charge in [-0.1, -0.05) is 54.6 Å². The van der Waals surface area contributed by atoms with Crippen molar-refractivity contribution in [2.45, 2.75) is 0 Å². The van der Waals surface area contributed by atoms with Crippen molar-refractivity contribution in [3.63, 3.8) is 0 Å². The van der Waals surface area contributed by atoms with E-state index in [0.717, 1.165) is 5.30 Å². The molecule has 0 heterocycles. The third-order valence-electron chi connectivity index (χ3n) is 4.68. The SMILES string of the molecule is [P]c1cccc2cc3ccc4cc5ccccc5cc4c3cc12. The van der Waals surface area contributed by atoms with Gasteiger partial charge >= 0.3 is 0 Å². The summed E-state index contributed by atoms with van der Waals surface area (Å²) in [5.41, 5.74) is 0. The van der Waals surface area contributed by atoms with Crippen molar-refractivity contribution < 1.29 is 0 Å². The summed E-state index contributed by atoms with van der Waals surface area (Å²) in [5.74, 6) is 0. The van der Waals surface area contributed by atoms with Crippen LogP contribution in [0, 0.1) is 0 Å². The van der Waals surface area contributed by atoms with Crippen LogP contribution in [-0.4, -0.2) is 0 Å². The van der Waals surface area contributed by atoms with Crippen molar-refractivity contribution >= 4 is 57.6 Å². The van der Waals surface area contributed by atoms with Crippen LogP contribution in [0.15, 0.2) is 78.9 Å². The predicted octanol–water partition coefficient (Wildman–Crippen LogP) is 6.34. The van der Waals surface area contributed by atoms with Gasteiger partial charge < -0.3 is 0 Å². The molecule has 106 valence electrons. The largest absolute Gasteiger partial charge is 0.0616 e. The Balaban J connectivity index is 2.01. The topological polar surface area (TPSA) is 0 Å². The second-order valence-electron chi connectivity index (χ2n) is 6.06. The average molecular weight is 308 g/mol. The van der Waals surface area contributed by atoms with E-state index in [1.54, 1.807) is 0 Å². The van der Waals surface area contributed by atoms with E-state index in [0.29, 0.717) is 0 Å². The highest BCUT2D eigenvalue weighted by atomic mass is 31.0. The fourth-order valence-corrected chi connectivity index (χ4v) is 3.79.